The lowest BCUT2D eigenvalue weighted by Gasteiger charge is -2.15. The van der Waals surface area contributed by atoms with Gasteiger partial charge in [-0.25, -0.2) is 0 Å². The standard InChI is InChI=1S/C12H16N4OS/c1-2-4-8(10-5-3-6-18-10)14-12(17)9-7-11(13)16-15-9/h3,5-8H,2,4H2,1H3,(H,14,17)(H3,13,15,16). The second kappa shape index (κ2) is 5.68. The number of carbonyl (C=O) groups excluding carboxylic acids is 1. The predicted octanol–water partition coefficient (Wildman–Crippen LogP) is 2.32. The average Bonchev–Trinajstić information content (AvgIpc) is 2.98. The van der Waals surface area contributed by atoms with Crippen molar-refractivity contribution >= 4 is 23.1 Å². The zero-order valence-corrected chi connectivity index (χ0v) is 11.0. The molecule has 2 heterocycles. The van der Waals surface area contributed by atoms with Crippen molar-refractivity contribution in [3.63, 3.8) is 0 Å². The highest BCUT2D eigenvalue weighted by atomic mass is 32.1. The van der Waals surface area contributed by atoms with Crippen LogP contribution in [0.1, 0.15) is 41.2 Å². The number of H-pyrrole nitrogens is 1. The van der Waals surface area contributed by atoms with Gasteiger partial charge in [0.05, 0.1) is 6.04 Å². The van der Waals surface area contributed by atoms with E-state index in [0.29, 0.717) is 11.5 Å². The van der Waals surface area contributed by atoms with E-state index in [-0.39, 0.29) is 11.9 Å². The summed E-state index contributed by atoms with van der Waals surface area (Å²) in [4.78, 5) is 13.2. The minimum atomic E-state index is -0.175. The van der Waals surface area contributed by atoms with Crippen LogP contribution in [0.5, 0.6) is 0 Å². The molecule has 0 aliphatic heterocycles. The summed E-state index contributed by atoms with van der Waals surface area (Å²) >= 11 is 1.65. The van der Waals surface area contributed by atoms with E-state index < -0.39 is 0 Å². The lowest BCUT2D eigenvalue weighted by Crippen LogP contribution is -2.28. The van der Waals surface area contributed by atoms with Gasteiger partial charge in [-0.1, -0.05) is 19.4 Å². The molecule has 0 radical (unpaired) electrons. The Hall–Kier alpha value is -1.82. The third kappa shape index (κ3) is 2.89. The van der Waals surface area contributed by atoms with Crippen LogP contribution in [0.3, 0.4) is 0 Å². The van der Waals surface area contributed by atoms with Crippen LogP contribution in [-0.4, -0.2) is 16.1 Å². The summed E-state index contributed by atoms with van der Waals surface area (Å²) < 4.78 is 0. The number of nitrogens with two attached hydrogens (primary N) is 1. The van der Waals surface area contributed by atoms with E-state index >= 15 is 0 Å². The van der Waals surface area contributed by atoms with E-state index in [2.05, 4.69) is 22.4 Å². The fourth-order valence-electron chi connectivity index (χ4n) is 1.75. The van der Waals surface area contributed by atoms with Gasteiger partial charge in [-0.05, 0) is 17.9 Å². The minimum absolute atomic E-state index is 0.0482. The second-order valence-electron chi connectivity index (χ2n) is 4.04. The Morgan fingerprint density at radius 1 is 1.67 bits per heavy atom. The molecule has 96 valence electrons. The summed E-state index contributed by atoms with van der Waals surface area (Å²) in [5.41, 5.74) is 5.87. The number of aromatic nitrogens is 2. The van der Waals surface area contributed by atoms with Crippen LogP contribution >= 0.6 is 11.3 Å². The van der Waals surface area contributed by atoms with Crippen molar-refractivity contribution in [2.45, 2.75) is 25.8 Å². The third-order valence-electron chi connectivity index (χ3n) is 2.61. The molecule has 2 rings (SSSR count). The maximum atomic E-state index is 12.0. The normalized spacial score (nSPS) is 12.3. The van der Waals surface area contributed by atoms with E-state index in [1.165, 1.54) is 6.07 Å². The van der Waals surface area contributed by atoms with Crippen LogP contribution in [0.4, 0.5) is 5.82 Å². The van der Waals surface area contributed by atoms with Crippen LogP contribution in [0.2, 0.25) is 0 Å². The number of thiophene rings is 1. The largest absolute Gasteiger partial charge is 0.382 e. The first-order valence-corrected chi connectivity index (χ1v) is 6.73. The number of aromatic amines is 1. The van der Waals surface area contributed by atoms with Gasteiger partial charge in [-0.2, -0.15) is 5.10 Å². The van der Waals surface area contributed by atoms with Gasteiger partial charge in [0.2, 0.25) is 0 Å². The van der Waals surface area contributed by atoms with E-state index in [1.54, 1.807) is 11.3 Å². The maximum Gasteiger partial charge on any atom is 0.269 e. The minimum Gasteiger partial charge on any atom is -0.382 e. The number of hydrogen-bond acceptors (Lipinski definition) is 4. The Balaban J connectivity index is 2.07. The van der Waals surface area contributed by atoms with Gasteiger partial charge < -0.3 is 11.1 Å². The first-order valence-electron chi connectivity index (χ1n) is 5.86. The van der Waals surface area contributed by atoms with Gasteiger partial charge in [-0.15, -0.1) is 11.3 Å². The molecule has 0 aromatic carbocycles. The van der Waals surface area contributed by atoms with Crippen molar-refractivity contribution < 1.29 is 4.79 Å². The van der Waals surface area contributed by atoms with Crippen molar-refractivity contribution in [3.05, 3.63) is 34.2 Å². The number of hydrogen-bond donors (Lipinski definition) is 3. The molecule has 0 saturated carbocycles. The molecule has 18 heavy (non-hydrogen) atoms. The Bertz CT molecular complexity index is 506. The van der Waals surface area contributed by atoms with Gasteiger partial charge in [-0.3, -0.25) is 9.89 Å². The Kier molecular flexibility index (Phi) is 3.99. The van der Waals surface area contributed by atoms with Crippen LogP contribution in [0.25, 0.3) is 0 Å². The molecule has 0 aliphatic rings. The van der Waals surface area contributed by atoms with Crippen LogP contribution in [0.15, 0.2) is 23.6 Å². The molecule has 1 amide bonds. The smallest absolute Gasteiger partial charge is 0.269 e. The average molecular weight is 264 g/mol. The number of rotatable bonds is 5. The molecule has 4 N–H and O–H groups in total. The molecule has 0 saturated heterocycles. The number of amides is 1. The number of nitrogen functional groups attached to an aromatic ring is 1. The van der Waals surface area contributed by atoms with E-state index in [0.717, 1.165) is 17.7 Å². The lowest BCUT2D eigenvalue weighted by molar-refractivity contribution is 0.0930. The molecular weight excluding hydrogens is 248 g/mol. The molecule has 0 bridgehead atoms. The topological polar surface area (TPSA) is 83.8 Å². The van der Waals surface area contributed by atoms with Gasteiger partial charge in [0.15, 0.2) is 0 Å². The Labute approximate surface area is 109 Å². The Morgan fingerprint density at radius 3 is 3.06 bits per heavy atom. The highest BCUT2D eigenvalue weighted by Gasteiger charge is 2.17. The van der Waals surface area contributed by atoms with Crippen molar-refractivity contribution in [1.82, 2.24) is 15.5 Å². The Morgan fingerprint density at radius 2 is 2.50 bits per heavy atom. The second-order valence-corrected chi connectivity index (χ2v) is 5.02. The maximum absolute atomic E-state index is 12.0. The van der Waals surface area contributed by atoms with Crippen LogP contribution in [0, 0.1) is 0 Å². The fraction of sp³-hybridized carbons (Fsp3) is 0.333. The van der Waals surface area contributed by atoms with Gasteiger partial charge in [0, 0.05) is 10.9 Å². The summed E-state index contributed by atoms with van der Waals surface area (Å²) in [6.07, 6.45) is 1.92. The monoisotopic (exact) mass is 264 g/mol. The first kappa shape index (κ1) is 12.6. The van der Waals surface area contributed by atoms with Crippen molar-refractivity contribution in [2.24, 2.45) is 0 Å². The molecule has 2 aromatic heterocycles. The summed E-state index contributed by atoms with van der Waals surface area (Å²) in [5.74, 6) is 0.148. The summed E-state index contributed by atoms with van der Waals surface area (Å²) in [6, 6.07) is 5.61. The highest BCUT2D eigenvalue weighted by Crippen LogP contribution is 2.23. The summed E-state index contributed by atoms with van der Waals surface area (Å²) in [6.45, 7) is 2.10. The van der Waals surface area contributed by atoms with Crippen LogP contribution < -0.4 is 11.1 Å². The van der Waals surface area contributed by atoms with E-state index in [1.807, 2.05) is 17.5 Å². The van der Waals surface area contributed by atoms with E-state index in [4.69, 9.17) is 5.73 Å². The van der Waals surface area contributed by atoms with Crippen LogP contribution in [-0.2, 0) is 0 Å². The van der Waals surface area contributed by atoms with Crippen molar-refractivity contribution in [2.75, 3.05) is 5.73 Å². The SMILES string of the molecule is CCCC(NC(=O)c1cc(N)n[nH]1)c1cccs1. The first-order chi connectivity index (χ1) is 8.70. The molecular formula is C12H16N4OS. The van der Waals surface area contributed by atoms with E-state index in [9.17, 15) is 4.79 Å². The van der Waals surface area contributed by atoms with Crippen molar-refractivity contribution in [1.29, 1.82) is 0 Å². The molecule has 0 aliphatic carbocycles. The van der Waals surface area contributed by atoms with Gasteiger partial charge >= 0.3 is 0 Å². The third-order valence-corrected chi connectivity index (χ3v) is 3.60. The molecule has 1 unspecified atom stereocenters. The lowest BCUT2D eigenvalue weighted by atomic mass is 10.1. The predicted molar refractivity (Wildman–Crippen MR) is 72.4 cm³/mol. The molecule has 6 heteroatoms. The fourth-order valence-corrected chi connectivity index (χ4v) is 2.57. The number of anilines is 1. The molecule has 0 fully saturated rings. The van der Waals surface area contributed by atoms with Crippen molar-refractivity contribution in [3.8, 4) is 0 Å². The molecule has 2 aromatic rings. The molecule has 5 nitrogen and oxygen atoms in total. The summed E-state index contributed by atoms with van der Waals surface area (Å²) in [5, 5.41) is 11.4. The molecule has 1 atom stereocenters. The number of nitrogens with one attached hydrogen (secondary N) is 2. The van der Waals surface area contributed by atoms with Gasteiger partial charge in [0.1, 0.15) is 11.5 Å². The zero-order chi connectivity index (χ0) is 13.0. The zero-order valence-electron chi connectivity index (χ0n) is 10.1. The summed E-state index contributed by atoms with van der Waals surface area (Å²) in [7, 11) is 0. The van der Waals surface area contributed by atoms with Gasteiger partial charge in [0.25, 0.3) is 5.91 Å². The molecule has 0 spiro atoms. The number of nitrogens with zero attached hydrogens (tertiary/aromatic N) is 1. The number of carbonyl (C=O) groups is 1. The quantitative estimate of drug-likeness (QED) is 0.775. The highest BCUT2D eigenvalue weighted by molar-refractivity contribution is 7.10.